The number of methoxy groups -OCH3 is 1. The van der Waals surface area contributed by atoms with E-state index in [9.17, 15) is 19.5 Å². The number of hydrogen-bond acceptors (Lipinski definition) is 7. The van der Waals surface area contributed by atoms with Crippen LogP contribution in [0.25, 0.3) is 0 Å². The van der Waals surface area contributed by atoms with E-state index in [1.165, 1.54) is 26.2 Å². The third-order valence-electron chi connectivity index (χ3n) is 2.59. The number of carbonyl (C=O) groups is 3. The summed E-state index contributed by atoms with van der Waals surface area (Å²) in [4.78, 5) is 42.1. The molecule has 8 heteroatoms. The normalized spacial score (nSPS) is 11.2. The van der Waals surface area contributed by atoms with Crippen molar-refractivity contribution in [3.63, 3.8) is 0 Å². The zero-order chi connectivity index (χ0) is 16.7. The van der Waals surface area contributed by atoms with Crippen LogP contribution in [-0.2, 0) is 30.6 Å². The van der Waals surface area contributed by atoms with Crippen molar-refractivity contribution < 1.29 is 34.0 Å². The van der Waals surface area contributed by atoms with Gasteiger partial charge in [0.1, 0.15) is 6.04 Å². The third kappa shape index (κ3) is 5.31. The maximum atomic E-state index is 11.8. The first-order chi connectivity index (χ1) is 10.3. The topological polar surface area (TPSA) is 111 Å². The molecule has 22 heavy (non-hydrogen) atoms. The Morgan fingerprint density at radius 1 is 1.23 bits per heavy atom. The van der Waals surface area contributed by atoms with E-state index >= 15 is 0 Å². The predicted molar refractivity (Wildman–Crippen MR) is 73.8 cm³/mol. The van der Waals surface area contributed by atoms with Gasteiger partial charge in [-0.05, 0) is 17.7 Å². The number of carbonyl (C=O) groups excluding carboxylic acids is 3. The van der Waals surface area contributed by atoms with Crippen molar-refractivity contribution in [1.29, 1.82) is 0 Å². The van der Waals surface area contributed by atoms with Crippen LogP contribution in [-0.4, -0.2) is 36.1 Å². The Labute approximate surface area is 126 Å². The van der Waals surface area contributed by atoms with Gasteiger partial charge in [-0.15, -0.1) is 0 Å². The molecule has 0 aliphatic rings. The van der Waals surface area contributed by atoms with E-state index in [1.54, 1.807) is 6.07 Å². The highest BCUT2D eigenvalue weighted by Gasteiger charge is 2.24. The maximum absolute atomic E-state index is 11.8. The SMILES string of the molecule is COc1cc(C[C@H](NC(C)=O)C(=O)OOC(C)=O)ccc1O. The van der Waals surface area contributed by atoms with Crippen molar-refractivity contribution >= 4 is 17.8 Å². The Kier molecular flexibility index (Phi) is 6.18. The minimum absolute atomic E-state index is 0.0511. The van der Waals surface area contributed by atoms with Crippen molar-refractivity contribution in [1.82, 2.24) is 5.32 Å². The fourth-order valence-corrected chi connectivity index (χ4v) is 1.68. The van der Waals surface area contributed by atoms with Gasteiger partial charge in [0, 0.05) is 20.3 Å². The van der Waals surface area contributed by atoms with Crippen LogP contribution >= 0.6 is 0 Å². The molecule has 0 bridgehead atoms. The fourth-order valence-electron chi connectivity index (χ4n) is 1.68. The second kappa shape index (κ2) is 7.87. The molecule has 8 nitrogen and oxygen atoms in total. The Morgan fingerprint density at radius 2 is 1.91 bits per heavy atom. The molecule has 1 amide bonds. The lowest BCUT2D eigenvalue weighted by Gasteiger charge is -2.16. The molecule has 0 saturated carbocycles. The summed E-state index contributed by atoms with van der Waals surface area (Å²) in [5, 5.41) is 11.9. The molecule has 1 rings (SSSR count). The molecule has 0 saturated heterocycles. The van der Waals surface area contributed by atoms with E-state index in [1.807, 2.05) is 0 Å². The lowest BCUT2D eigenvalue weighted by atomic mass is 10.1. The largest absolute Gasteiger partial charge is 0.504 e. The minimum Gasteiger partial charge on any atom is -0.504 e. The van der Waals surface area contributed by atoms with Crippen LogP contribution < -0.4 is 10.1 Å². The molecule has 120 valence electrons. The fraction of sp³-hybridized carbons (Fsp3) is 0.357. The highest BCUT2D eigenvalue weighted by molar-refractivity contribution is 5.83. The number of benzene rings is 1. The Bertz CT molecular complexity index is 570. The summed E-state index contributed by atoms with van der Waals surface area (Å²) in [5.41, 5.74) is 0.605. The number of nitrogens with one attached hydrogen (secondary N) is 1. The molecule has 0 aliphatic heterocycles. The van der Waals surface area contributed by atoms with E-state index in [0.717, 1.165) is 6.92 Å². The molecule has 0 aliphatic carbocycles. The Balaban J connectivity index is 2.86. The average Bonchev–Trinajstić information content (AvgIpc) is 2.45. The molecule has 0 radical (unpaired) electrons. The van der Waals surface area contributed by atoms with Crippen LogP contribution in [0.5, 0.6) is 11.5 Å². The lowest BCUT2D eigenvalue weighted by molar-refractivity contribution is -0.258. The summed E-state index contributed by atoms with van der Waals surface area (Å²) in [5.74, 6) is -1.98. The number of rotatable bonds is 5. The van der Waals surface area contributed by atoms with Crippen LogP contribution in [0.3, 0.4) is 0 Å². The van der Waals surface area contributed by atoms with Crippen LogP contribution in [0.15, 0.2) is 18.2 Å². The van der Waals surface area contributed by atoms with Gasteiger partial charge in [-0.3, -0.25) is 4.79 Å². The molecule has 1 aromatic rings. The number of phenolic OH excluding ortho intramolecular Hbond substituents is 1. The second-order valence-electron chi connectivity index (χ2n) is 4.44. The molecule has 0 spiro atoms. The van der Waals surface area contributed by atoms with Crippen LogP contribution in [0, 0.1) is 0 Å². The number of aromatic hydroxyl groups is 1. The molecular formula is C14H17NO7. The van der Waals surface area contributed by atoms with Crippen molar-refractivity contribution in [3.05, 3.63) is 23.8 Å². The Morgan fingerprint density at radius 3 is 2.45 bits per heavy atom. The number of hydrogen-bond donors (Lipinski definition) is 2. The average molecular weight is 311 g/mol. The van der Waals surface area contributed by atoms with Gasteiger partial charge in [-0.2, -0.15) is 0 Å². The lowest BCUT2D eigenvalue weighted by Crippen LogP contribution is -2.42. The first-order valence-corrected chi connectivity index (χ1v) is 6.35. The first kappa shape index (κ1) is 17.3. The van der Waals surface area contributed by atoms with Crippen molar-refractivity contribution in [3.8, 4) is 11.5 Å². The van der Waals surface area contributed by atoms with Crippen molar-refractivity contribution in [2.45, 2.75) is 26.3 Å². The second-order valence-corrected chi connectivity index (χ2v) is 4.44. The molecule has 2 N–H and O–H groups in total. The minimum atomic E-state index is -1.05. The van der Waals surface area contributed by atoms with Crippen LogP contribution in [0.4, 0.5) is 0 Å². The molecule has 1 atom stereocenters. The highest BCUT2D eigenvalue weighted by atomic mass is 17.2. The zero-order valence-corrected chi connectivity index (χ0v) is 12.4. The maximum Gasteiger partial charge on any atom is 0.377 e. The van der Waals surface area contributed by atoms with Gasteiger partial charge in [0.2, 0.25) is 5.91 Å². The van der Waals surface area contributed by atoms with Gasteiger partial charge < -0.3 is 15.2 Å². The molecule has 0 heterocycles. The van der Waals surface area contributed by atoms with E-state index in [4.69, 9.17) is 4.74 Å². The number of amides is 1. The summed E-state index contributed by atoms with van der Waals surface area (Å²) in [6.07, 6.45) is 0.0658. The third-order valence-corrected chi connectivity index (χ3v) is 2.59. The van der Waals surface area contributed by atoms with Crippen molar-refractivity contribution in [2.75, 3.05) is 7.11 Å². The van der Waals surface area contributed by atoms with E-state index < -0.39 is 23.9 Å². The van der Waals surface area contributed by atoms with Gasteiger partial charge >= 0.3 is 11.9 Å². The molecule has 0 unspecified atom stereocenters. The summed E-state index contributed by atoms with van der Waals surface area (Å²) >= 11 is 0. The predicted octanol–water partition coefficient (Wildman–Crippen LogP) is 0.469. The quantitative estimate of drug-likeness (QED) is 0.600. The van der Waals surface area contributed by atoms with Gasteiger partial charge in [-0.1, -0.05) is 6.07 Å². The summed E-state index contributed by atoms with van der Waals surface area (Å²) in [6.45, 7) is 2.31. The summed E-state index contributed by atoms with van der Waals surface area (Å²) < 4.78 is 4.96. The summed E-state index contributed by atoms with van der Waals surface area (Å²) in [6, 6.07) is 3.43. The van der Waals surface area contributed by atoms with E-state index in [0.29, 0.717) is 5.56 Å². The summed E-state index contributed by atoms with van der Waals surface area (Å²) in [7, 11) is 1.39. The number of ether oxygens (including phenoxy) is 1. The number of phenols is 1. The zero-order valence-electron chi connectivity index (χ0n) is 12.4. The smallest absolute Gasteiger partial charge is 0.377 e. The first-order valence-electron chi connectivity index (χ1n) is 6.35. The van der Waals surface area contributed by atoms with Crippen LogP contribution in [0.1, 0.15) is 19.4 Å². The monoisotopic (exact) mass is 311 g/mol. The molecular weight excluding hydrogens is 294 g/mol. The molecule has 0 fully saturated rings. The molecule has 1 aromatic carbocycles. The van der Waals surface area contributed by atoms with Gasteiger partial charge in [0.15, 0.2) is 11.5 Å². The van der Waals surface area contributed by atoms with Crippen molar-refractivity contribution in [2.24, 2.45) is 0 Å². The van der Waals surface area contributed by atoms with Gasteiger partial charge in [0.05, 0.1) is 7.11 Å². The Hall–Kier alpha value is -2.77. The van der Waals surface area contributed by atoms with E-state index in [-0.39, 0.29) is 17.9 Å². The molecule has 0 aromatic heterocycles. The van der Waals surface area contributed by atoms with Crippen LogP contribution in [0.2, 0.25) is 0 Å². The van der Waals surface area contributed by atoms with E-state index in [2.05, 4.69) is 15.1 Å². The standard InChI is InChI=1S/C14H17NO7/c1-8(16)15-11(14(19)22-21-9(2)17)6-10-4-5-12(18)13(7-10)20-3/h4-5,7,11,18H,6H2,1-3H3,(H,15,16)/t11-/m0/s1. The highest BCUT2D eigenvalue weighted by Crippen LogP contribution is 2.26. The van der Waals surface area contributed by atoms with Gasteiger partial charge in [-0.25, -0.2) is 19.4 Å². The van der Waals surface area contributed by atoms with Gasteiger partial charge in [0.25, 0.3) is 0 Å².